The van der Waals surface area contributed by atoms with Gasteiger partial charge in [0.15, 0.2) is 5.78 Å². The molecule has 4 aromatic rings. The molecule has 0 aromatic heterocycles. The summed E-state index contributed by atoms with van der Waals surface area (Å²) in [6.45, 7) is 2.35. The highest BCUT2D eigenvalue weighted by molar-refractivity contribution is 5.98. The van der Waals surface area contributed by atoms with Gasteiger partial charge in [-0.25, -0.2) is 0 Å². The van der Waals surface area contributed by atoms with Crippen LogP contribution in [0.1, 0.15) is 37.4 Å². The number of benzene rings is 4. The molecule has 0 atom stereocenters. The molecule has 3 N–H and O–H groups in total. The molecule has 4 aromatic carbocycles. The number of amides is 1. The molecule has 0 saturated carbocycles. The number of hydrogen-bond donors (Lipinski definition) is 2. The first-order chi connectivity index (χ1) is 16.0. The van der Waals surface area contributed by atoms with Crippen molar-refractivity contribution in [2.45, 2.75) is 19.9 Å². The van der Waals surface area contributed by atoms with E-state index in [2.05, 4.69) is 5.32 Å². The Balaban J connectivity index is 1.40. The molecule has 0 aliphatic rings. The number of para-hydroxylation sites is 1. The van der Waals surface area contributed by atoms with Crippen molar-refractivity contribution in [2.75, 3.05) is 5.73 Å². The van der Waals surface area contributed by atoms with E-state index in [0.29, 0.717) is 23.4 Å². The van der Waals surface area contributed by atoms with Gasteiger partial charge in [0.05, 0.1) is 0 Å². The van der Waals surface area contributed by atoms with E-state index < -0.39 is 0 Å². The van der Waals surface area contributed by atoms with Crippen molar-refractivity contribution in [3.63, 3.8) is 0 Å². The predicted octanol–water partition coefficient (Wildman–Crippen LogP) is 5.60. The minimum atomic E-state index is -0.120. The van der Waals surface area contributed by atoms with Gasteiger partial charge in [-0.1, -0.05) is 84.9 Å². The number of carbonyl (C=O) groups is 2. The fraction of sp³-hybridized carbons (Fsp3) is 0.103. The normalized spacial score (nSPS) is 10.6. The molecule has 0 saturated heterocycles. The van der Waals surface area contributed by atoms with Crippen molar-refractivity contribution in [3.8, 4) is 11.1 Å². The summed E-state index contributed by atoms with van der Waals surface area (Å²) in [4.78, 5) is 25.4. The number of nitrogens with one attached hydrogen (secondary N) is 1. The molecule has 0 bridgehead atoms. The zero-order valence-corrected chi connectivity index (χ0v) is 18.5. The zero-order chi connectivity index (χ0) is 23.2. The van der Waals surface area contributed by atoms with Crippen molar-refractivity contribution in [3.05, 3.63) is 125 Å². The monoisotopic (exact) mass is 434 g/mol. The van der Waals surface area contributed by atoms with Crippen molar-refractivity contribution in [2.24, 2.45) is 0 Å². The molecule has 0 aliphatic carbocycles. The fourth-order valence-corrected chi connectivity index (χ4v) is 3.87. The average Bonchev–Trinajstić information content (AvgIpc) is 2.85. The lowest BCUT2D eigenvalue weighted by Crippen LogP contribution is -2.23. The quantitative estimate of drug-likeness (QED) is 0.294. The molecule has 4 heteroatoms. The molecule has 0 spiro atoms. The zero-order valence-electron chi connectivity index (χ0n) is 18.5. The SMILES string of the molecule is Cc1c(C(=O)NCc2ccc(C(=O)Cc3ccccc3N)cc2)cccc1-c1ccccc1. The van der Waals surface area contributed by atoms with E-state index in [0.717, 1.165) is 27.8 Å². The number of Topliss-reactive ketones (excluding diaryl/α,β-unsaturated/α-hetero) is 1. The highest BCUT2D eigenvalue weighted by Crippen LogP contribution is 2.25. The van der Waals surface area contributed by atoms with Crippen molar-refractivity contribution in [1.82, 2.24) is 5.32 Å². The number of nitrogens with two attached hydrogens (primary N) is 1. The second-order valence-electron chi connectivity index (χ2n) is 8.02. The molecular formula is C29H26N2O2. The Morgan fingerprint density at radius 2 is 1.48 bits per heavy atom. The fourth-order valence-electron chi connectivity index (χ4n) is 3.87. The third kappa shape index (κ3) is 5.18. The lowest BCUT2D eigenvalue weighted by Gasteiger charge is -2.12. The van der Waals surface area contributed by atoms with Crippen LogP contribution in [0.4, 0.5) is 5.69 Å². The maximum Gasteiger partial charge on any atom is 0.251 e. The Kier molecular flexibility index (Phi) is 6.65. The summed E-state index contributed by atoms with van der Waals surface area (Å²) in [5.74, 6) is -0.109. The van der Waals surface area contributed by atoms with Gasteiger partial charge in [-0.05, 0) is 46.9 Å². The van der Waals surface area contributed by atoms with E-state index in [1.165, 1.54) is 0 Å². The van der Waals surface area contributed by atoms with Gasteiger partial charge in [0.25, 0.3) is 5.91 Å². The van der Waals surface area contributed by atoms with Gasteiger partial charge in [0, 0.05) is 29.8 Å². The molecule has 164 valence electrons. The number of ketones is 1. The molecular weight excluding hydrogens is 408 g/mol. The first kappa shape index (κ1) is 22.0. The highest BCUT2D eigenvalue weighted by atomic mass is 16.1. The Hall–Kier alpha value is -4.18. The van der Waals surface area contributed by atoms with Crippen molar-refractivity contribution in [1.29, 1.82) is 0 Å². The molecule has 4 nitrogen and oxygen atoms in total. The van der Waals surface area contributed by atoms with Crippen LogP contribution < -0.4 is 11.1 Å². The van der Waals surface area contributed by atoms with E-state index in [9.17, 15) is 9.59 Å². The minimum Gasteiger partial charge on any atom is -0.398 e. The molecule has 4 rings (SSSR count). The Labute approximate surface area is 194 Å². The van der Waals surface area contributed by atoms with Crippen molar-refractivity contribution < 1.29 is 9.59 Å². The van der Waals surface area contributed by atoms with Crippen LogP contribution in [0, 0.1) is 6.92 Å². The Morgan fingerprint density at radius 3 is 2.21 bits per heavy atom. The van der Waals surface area contributed by atoms with Gasteiger partial charge in [0.1, 0.15) is 0 Å². The number of nitrogen functional groups attached to an aromatic ring is 1. The van der Waals surface area contributed by atoms with Crippen LogP contribution in [0.15, 0.2) is 97.1 Å². The largest absolute Gasteiger partial charge is 0.398 e. The van der Waals surface area contributed by atoms with Gasteiger partial charge in [-0.15, -0.1) is 0 Å². The molecule has 0 radical (unpaired) electrons. The lowest BCUT2D eigenvalue weighted by atomic mass is 9.96. The van der Waals surface area contributed by atoms with E-state index in [1.807, 2.05) is 85.8 Å². The van der Waals surface area contributed by atoms with Gasteiger partial charge in [-0.2, -0.15) is 0 Å². The van der Waals surface area contributed by atoms with Crippen LogP contribution >= 0.6 is 0 Å². The molecule has 0 aliphatic heterocycles. The third-order valence-corrected chi connectivity index (χ3v) is 5.80. The maximum absolute atomic E-state index is 12.9. The van der Waals surface area contributed by atoms with E-state index in [-0.39, 0.29) is 18.1 Å². The van der Waals surface area contributed by atoms with E-state index in [1.54, 1.807) is 18.2 Å². The van der Waals surface area contributed by atoms with Crippen molar-refractivity contribution >= 4 is 17.4 Å². The first-order valence-electron chi connectivity index (χ1n) is 10.9. The van der Waals surface area contributed by atoms with Crippen LogP contribution in [0.3, 0.4) is 0 Å². The smallest absolute Gasteiger partial charge is 0.251 e. The van der Waals surface area contributed by atoms with Crippen LogP contribution in [-0.4, -0.2) is 11.7 Å². The first-order valence-corrected chi connectivity index (χ1v) is 10.9. The second kappa shape index (κ2) is 9.96. The molecule has 1 amide bonds. The number of rotatable bonds is 7. The molecule has 0 fully saturated rings. The van der Waals surface area contributed by atoms with Crippen LogP contribution in [0.25, 0.3) is 11.1 Å². The maximum atomic E-state index is 12.9. The second-order valence-corrected chi connectivity index (χ2v) is 8.02. The molecule has 33 heavy (non-hydrogen) atoms. The Bertz CT molecular complexity index is 1280. The summed E-state index contributed by atoms with van der Waals surface area (Å²) < 4.78 is 0. The number of hydrogen-bond acceptors (Lipinski definition) is 3. The van der Waals surface area contributed by atoms with E-state index >= 15 is 0 Å². The number of carbonyl (C=O) groups excluding carboxylic acids is 2. The van der Waals surface area contributed by atoms with Crippen LogP contribution in [0.5, 0.6) is 0 Å². The van der Waals surface area contributed by atoms with Gasteiger partial charge < -0.3 is 11.1 Å². The van der Waals surface area contributed by atoms with Gasteiger partial charge in [-0.3, -0.25) is 9.59 Å². The summed E-state index contributed by atoms with van der Waals surface area (Å²) in [6.07, 6.45) is 0.264. The summed E-state index contributed by atoms with van der Waals surface area (Å²) in [7, 11) is 0. The number of anilines is 1. The van der Waals surface area contributed by atoms with Crippen LogP contribution in [-0.2, 0) is 13.0 Å². The van der Waals surface area contributed by atoms with Gasteiger partial charge in [0.2, 0.25) is 0 Å². The molecule has 0 heterocycles. The minimum absolute atomic E-state index is 0.0110. The standard InChI is InChI=1S/C29H26N2O2/c1-20-25(22-8-3-2-4-9-22)11-7-12-26(20)29(33)31-19-21-14-16-23(17-15-21)28(32)18-24-10-5-6-13-27(24)30/h2-17H,18-19,30H2,1H3,(H,31,33). The molecule has 0 unspecified atom stereocenters. The van der Waals surface area contributed by atoms with Gasteiger partial charge >= 0.3 is 0 Å². The summed E-state index contributed by atoms with van der Waals surface area (Å²) in [5, 5.41) is 2.99. The van der Waals surface area contributed by atoms with Crippen LogP contribution in [0.2, 0.25) is 0 Å². The topological polar surface area (TPSA) is 72.2 Å². The summed E-state index contributed by atoms with van der Waals surface area (Å²) >= 11 is 0. The average molecular weight is 435 g/mol. The Morgan fingerprint density at radius 1 is 0.788 bits per heavy atom. The highest BCUT2D eigenvalue weighted by Gasteiger charge is 2.13. The van der Waals surface area contributed by atoms with E-state index in [4.69, 9.17) is 5.73 Å². The summed E-state index contributed by atoms with van der Waals surface area (Å²) in [5.41, 5.74) is 12.7. The lowest BCUT2D eigenvalue weighted by molar-refractivity contribution is 0.0948. The summed E-state index contributed by atoms with van der Waals surface area (Å²) in [6, 6.07) is 30.5. The third-order valence-electron chi connectivity index (χ3n) is 5.80. The predicted molar refractivity (Wildman–Crippen MR) is 133 cm³/mol.